The molecule has 0 aromatic carbocycles. The lowest BCUT2D eigenvalue weighted by Gasteiger charge is -2.27. The summed E-state index contributed by atoms with van der Waals surface area (Å²) >= 11 is 0. The molecule has 4 heteroatoms. The molecule has 0 aliphatic heterocycles. The van der Waals surface area contributed by atoms with Gasteiger partial charge in [-0.15, -0.1) is 6.58 Å². The second kappa shape index (κ2) is 5.67. The highest BCUT2D eigenvalue weighted by molar-refractivity contribution is 5.94. The monoisotopic (exact) mass is 246 g/mol. The molecule has 96 valence electrons. The maximum absolute atomic E-state index is 12.4. The average molecular weight is 246 g/mol. The molecular formula is C14H18N2O2. The maximum Gasteiger partial charge on any atom is 0.256 e. The van der Waals surface area contributed by atoms with Crippen LogP contribution in [0.4, 0.5) is 0 Å². The third kappa shape index (κ3) is 2.70. The number of aromatic hydroxyl groups is 1. The molecule has 0 bridgehead atoms. The van der Waals surface area contributed by atoms with Crippen molar-refractivity contribution in [3.8, 4) is 5.75 Å². The molecule has 0 atom stereocenters. The summed E-state index contributed by atoms with van der Waals surface area (Å²) in [6.07, 6.45) is 9.00. The van der Waals surface area contributed by atoms with Crippen LogP contribution in [0.25, 0.3) is 0 Å². The molecule has 2 rings (SSSR count). The SMILES string of the molecule is C=CCN(C(=O)c1cncc(O)c1)C1CCCC1. The number of rotatable bonds is 4. The summed E-state index contributed by atoms with van der Waals surface area (Å²) < 4.78 is 0. The quantitative estimate of drug-likeness (QED) is 0.830. The number of carbonyl (C=O) groups excluding carboxylic acids is 1. The lowest BCUT2D eigenvalue weighted by molar-refractivity contribution is 0.0705. The summed E-state index contributed by atoms with van der Waals surface area (Å²) in [6, 6.07) is 1.75. The van der Waals surface area contributed by atoms with Crippen LogP contribution < -0.4 is 0 Å². The third-order valence-corrected chi connectivity index (χ3v) is 3.32. The van der Waals surface area contributed by atoms with Crippen LogP contribution in [0.1, 0.15) is 36.0 Å². The van der Waals surface area contributed by atoms with Crippen molar-refractivity contribution >= 4 is 5.91 Å². The summed E-state index contributed by atoms with van der Waals surface area (Å²) in [6.45, 7) is 4.25. The minimum atomic E-state index is -0.0785. The van der Waals surface area contributed by atoms with Gasteiger partial charge in [0, 0.05) is 18.8 Å². The van der Waals surface area contributed by atoms with Gasteiger partial charge < -0.3 is 10.0 Å². The summed E-state index contributed by atoms with van der Waals surface area (Å²) in [7, 11) is 0. The summed E-state index contributed by atoms with van der Waals surface area (Å²) in [5.74, 6) is -0.0592. The third-order valence-electron chi connectivity index (χ3n) is 3.32. The number of pyridine rings is 1. The van der Waals surface area contributed by atoms with Crippen LogP contribution in [-0.2, 0) is 0 Å². The Kier molecular flexibility index (Phi) is 3.97. The Morgan fingerprint density at radius 2 is 2.22 bits per heavy atom. The molecule has 4 nitrogen and oxygen atoms in total. The first-order chi connectivity index (χ1) is 8.72. The number of hydrogen-bond acceptors (Lipinski definition) is 3. The Bertz CT molecular complexity index is 439. The van der Waals surface area contributed by atoms with Gasteiger partial charge in [-0.2, -0.15) is 0 Å². The molecule has 0 unspecified atom stereocenters. The van der Waals surface area contributed by atoms with Crippen molar-refractivity contribution in [1.29, 1.82) is 0 Å². The van der Waals surface area contributed by atoms with E-state index >= 15 is 0 Å². The van der Waals surface area contributed by atoms with Gasteiger partial charge in [-0.3, -0.25) is 9.78 Å². The highest BCUT2D eigenvalue weighted by atomic mass is 16.3. The number of carbonyl (C=O) groups is 1. The van der Waals surface area contributed by atoms with E-state index in [1.54, 1.807) is 6.08 Å². The normalized spacial score (nSPS) is 15.6. The minimum absolute atomic E-state index is 0.0193. The molecule has 1 saturated carbocycles. The first-order valence-electron chi connectivity index (χ1n) is 6.28. The van der Waals surface area contributed by atoms with Crippen LogP contribution in [0.15, 0.2) is 31.1 Å². The predicted octanol–water partition coefficient (Wildman–Crippen LogP) is 2.36. The van der Waals surface area contributed by atoms with Gasteiger partial charge in [0.2, 0.25) is 0 Å². The van der Waals surface area contributed by atoms with Crippen molar-refractivity contribution in [2.45, 2.75) is 31.7 Å². The average Bonchev–Trinajstić information content (AvgIpc) is 2.89. The molecule has 1 fully saturated rings. The van der Waals surface area contributed by atoms with Crippen LogP contribution in [0.5, 0.6) is 5.75 Å². The second-order valence-electron chi connectivity index (χ2n) is 4.62. The van der Waals surface area contributed by atoms with Crippen molar-refractivity contribution in [1.82, 2.24) is 9.88 Å². The van der Waals surface area contributed by atoms with Crippen molar-refractivity contribution in [3.63, 3.8) is 0 Å². The van der Waals surface area contributed by atoms with Gasteiger partial charge in [-0.25, -0.2) is 0 Å². The van der Waals surface area contributed by atoms with Crippen molar-refractivity contribution < 1.29 is 9.90 Å². The second-order valence-corrected chi connectivity index (χ2v) is 4.62. The molecule has 18 heavy (non-hydrogen) atoms. The van der Waals surface area contributed by atoms with Gasteiger partial charge in [-0.1, -0.05) is 18.9 Å². The van der Waals surface area contributed by atoms with Gasteiger partial charge in [0.1, 0.15) is 5.75 Å². The van der Waals surface area contributed by atoms with E-state index < -0.39 is 0 Å². The maximum atomic E-state index is 12.4. The zero-order valence-electron chi connectivity index (χ0n) is 10.4. The Balaban J connectivity index is 2.19. The van der Waals surface area contributed by atoms with E-state index in [2.05, 4.69) is 11.6 Å². The van der Waals surface area contributed by atoms with E-state index in [9.17, 15) is 9.90 Å². The number of amides is 1. The van der Waals surface area contributed by atoms with Crippen LogP contribution in [-0.4, -0.2) is 33.5 Å². The van der Waals surface area contributed by atoms with Gasteiger partial charge in [-0.05, 0) is 18.9 Å². The Hall–Kier alpha value is -1.84. The topological polar surface area (TPSA) is 53.4 Å². The highest BCUT2D eigenvalue weighted by Crippen LogP contribution is 2.25. The summed E-state index contributed by atoms with van der Waals surface area (Å²) in [5, 5.41) is 9.39. The van der Waals surface area contributed by atoms with Crippen LogP contribution in [0, 0.1) is 0 Å². The first-order valence-corrected chi connectivity index (χ1v) is 6.28. The molecule has 1 N–H and O–H groups in total. The van der Waals surface area contributed by atoms with E-state index in [4.69, 9.17) is 0 Å². The van der Waals surface area contributed by atoms with Crippen molar-refractivity contribution in [2.24, 2.45) is 0 Å². The lowest BCUT2D eigenvalue weighted by Crippen LogP contribution is -2.38. The number of nitrogens with zero attached hydrogens (tertiary/aromatic N) is 2. The zero-order valence-corrected chi connectivity index (χ0v) is 10.4. The van der Waals surface area contributed by atoms with Crippen LogP contribution >= 0.6 is 0 Å². The standard InChI is InChI=1S/C14H18N2O2/c1-2-7-16(12-5-3-4-6-12)14(18)11-8-13(17)10-15-9-11/h2,8-10,12,17H,1,3-7H2. The molecule has 1 heterocycles. The Morgan fingerprint density at radius 3 is 2.83 bits per heavy atom. The van der Waals surface area contributed by atoms with Gasteiger partial charge in [0.15, 0.2) is 0 Å². The van der Waals surface area contributed by atoms with Crippen LogP contribution in [0.3, 0.4) is 0 Å². The van der Waals surface area contributed by atoms with Crippen molar-refractivity contribution in [3.05, 3.63) is 36.7 Å². The molecule has 0 saturated heterocycles. The molecule has 0 spiro atoms. The van der Waals surface area contributed by atoms with E-state index in [0.717, 1.165) is 12.8 Å². The molecule has 1 aromatic rings. The molecule has 1 aliphatic carbocycles. The number of aromatic nitrogens is 1. The van der Waals surface area contributed by atoms with E-state index in [-0.39, 0.29) is 17.7 Å². The fraction of sp³-hybridized carbons (Fsp3) is 0.429. The van der Waals surface area contributed by atoms with E-state index in [0.29, 0.717) is 12.1 Å². The Morgan fingerprint density at radius 1 is 1.50 bits per heavy atom. The molecular weight excluding hydrogens is 228 g/mol. The zero-order chi connectivity index (χ0) is 13.0. The predicted molar refractivity (Wildman–Crippen MR) is 69.4 cm³/mol. The highest BCUT2D eigenvalue weighted by Gasteiger charge is 2.26. The summed E-state index contributed by atoms with van der Waals surface area (Å²) in [5.41, 5.74) is 0.434. The van der Waals surface area contributed by atoms with Crippen molar-refractivity contribution in [2.75, 3.05) is 6.54 Å². The Labute approximate surface area is 107 Å². The fourth-order valence-corrected chi connectivity index (χ4v) is 2.46. The largest absolute Gasteiger partial charge is 0.506 e. The molecule has 1 aromatic heterocycles. The van der Waals surface area contributed by atoms with Gasteiger partial charge in [0.25, 0.3) is 5.91 Å². The smallest absolute Gasteiger partial charge is 0.256 e. The summed E-state index contributed by atoms with van der Waals surface area (Å²) in [4.78, 5) is 18.1. The molecule has 1 aliphatic rings. The van der Waals surface area contributed by atoms with Gasteiger partial charge >= 0.3 is 0 Å². The molecule has 1 amide bonds. The first kappa shape index (κ1) is 12.6. The minimum Gasteiger partial charge on any atom is -0.506 e. The number of hydrogen-bond donors (Lipinski definition) is 1. The molecule has 0 radical (unpaired) electrons. The fourth-order valence-electron chi connectivity index (χ4n) is 2.46. The van der Waals surface area contributed by atoms with Crippen LogP contribution in [0.2, 0.25) is 0 Å². The lowest BCUT2D eigenvalue weighted by atomic mass is 10.1. The van der Waals surface area contributed by atoms with Gasteiger partial charge in [0.05, 0.1) is 11.8 Å². The van der Waals surface area contributed by atoms with E-state index in [1.807, 2.05) is 4.90 Å². The van der Waals surface area contributed by atoms with E-state index in [1.165, 1.54) is 31.3 Å².